The molecule has 0 radical (unpaired) electrons. The molecular weight excluding hydrogens is 226 g/mol. The molecule has 0 aliphatic heterocycles. The highest BCUT2D eigenvalue weighted by Gasteiger charge is 2.25. The van der Waals surface area contributed by atoms with Gasteiger partial charge in [0.2, 0.25) is 5.91 Å². The average Bonchev–Trinajstić information content (AvgIpc) is 2.42. The SMILES string of the molecule is CCCCC1CCC(C(=O)NCC(C)CO)CC1. The van der Waals surface area contributed by atoms with Crippen LogP contribution in [0.3, 0.4) is 0 Å². The number of nitrogens with one attached hydrogen (secondary N) is 1. The molecule has 0 spiro atoms. The summed E-state index contributed by atoms with van der Waals surface area (Å²) < 4.78 is 0. The minimum absolute atomic E-state index is 0.143. The van der Waals surface area contributed by atoms with Crippen molar-refractivity contribution in [1.82, 2.24) is 5.32 Å². The van der Waals surface area contributed by atoms with Crippen molar-refractivity contribution in [3.05, 3.63) is 0 Å². The summed E-state index contributed by atoms with van der Waals surface area (Å²) in [6.07, 6.45) is 8.48. The van der Waals surface area contributed by atoms with Gasteiger partial charge < -0.3 is 10.4 Å². The molecule has 0 aromatic rings. The highest BCUT2D eigenvalue weighted by molar-refractivity contribution is 5.78. The van der Waals surface area contributed by atoms with Crippen molar-refractivity contribution >= 4 is 5.91 Å². The van der Waals surface area contributed by atoms with Gasteiger partial charge in [-0.25, -0.2) is 0 Å². The van der Waals surface area contributed by atoms with Crippen LogP contribution in [0.5, 0.6) is 0 Å². The van der Waals surface area contributed by atoms with E-state index in [4.69, 9.17) is 5.11 Å². The molecule has 3 heteroatoms. The van der Waals surface area contributed by atoms with E-state index in [-0.39, 0.29) is 24.3 Å². The summed E-state index contributed by atoms with van der Waals surface area (Å²) in [4.78, 5) is 11.9. The molecule has 18 heavy (non-hydrogen) atoms. The minimum atomic E-state index is 0.143. The van der Waals surface area contributed by atoms with E-state index in [1.807, 2.05) is 6.92 Å². The molecule has 1 atom stereocenters. The van der Waals surface area contributed by atoms with Crippen LogP contribution in [-0.2, 0) is 4.79 Å². The van der Waals surface area contributed by atoms with Crippen LogP contribution in [0.1, 0.15) is 58.8 Å². The van der Waals surface area contributed by atoms with Gasteiger partial charge in [-0.1, -0.05) is 33.1 Å². The first kappa shape index (κ1) is 15.5. The summed E-state index contributed by atoms with van der Waals surface area (Å²) in [6.45, 7) is 4.93. The fourth-order valence-corrected chi connectivity index (χ4v) is 2.69. The Balaban J connectivity index is 2.19. The topological polar surface area (TPSA) is 49.3 Å². The van der Waals surface area contributed by atoms with E-state index in [2.05, 4.69) is 12.2 Å². The maximum absolute atomic E-state index is 11.9. The van der Waals surface area contributed by atoms with Crippen LogP contribution in [0.25, 0.3) is 0 Å². The maximum Gasteiger partial charge on any atom is 0.223 e. The molecular formula is C15H29NO2. The summed E-state index contributed by atoms with van der Waals surface area (Å²) in [5.74, 6) is 1.43. The summed E-state index contributed by atoms with van der Waals surface area (Å²) in [6, 6.07) is 0. The Morgan fingerprint density at radius 3 is 2.56 bits per heavy atom. The molecule has 0 aromatic carbocycles. The number of carbonyl (C=O) groups excluding carboxylic acids is 1. The van der Waals surface area contributed by atoms with Crippen LogP contribution in [0.2, 0.25) is 0 Å². The number of unbranched alkanes of at least 4 members (excludes halogenated alkanes) is 1. The summed E-state index contributed by atoms with van der Waals surface area (Å²) in [5, 5.41) is 11.9. The van der Waals surface area contributed by atoms with Gasteiger partial charge in [0, 0.05) is 19.1 Å². The van der Waals surface area contributed by atoms with Crippen molar-refractivity contribution in [2.45, 2.75) is 58.8 Å². The van der Waals surface area contributed by atoms with E-state index in [1.54, 1.807) is 0 Å². The zero-order chi connectivity index (χ0) is 13.4. The van der Waals surface area contributed by atoms with E-state index in [0.29, 0.717) is 6.54 Å². The predicted octanol–water partition coefficient (Wildman–Crippen LogP) is 2.73. The predicted molar refractivity (Wildman–Crippen MR) is 74.2 cm³/mol. The standard InChI is InChI=1S/C15H29NO2/c1-3-4-5-13-6-8-14(9-7-13)15(18)16-10-12(2)11-17/h12-14,17H,3-11H2,1-2H3,(H,16,18). The first-order valence-corrected chi connectivity index (χ1v) is 7.55. The van der Waals surface area contributed by atoms with Crippen LogP contribution >= 0.6 is 0 Å². The lowest BCUT2D eigenvalue weighted by Gasteiger charge is -2.28. The molecule has 1 rings (SSSR count). The molecule has 1 aliphatic carbocycles. The number of hydrogen-bond donors (Lipinski definition) is 2. The van der Waals surface area contributed by atoms with Crippen LogP contribution in [0.15, 0.2) is 0 Å². The number of carbonyl (C=O) groups is 1. The van der Waals surface area contributed by atoms with Gasteiger partial charge >= 0.3 is 0 Å². The third kappa shape index (κ3) is 5.38. The minimum Gasteiger partial charge on any atom is -0.396 e. The number of aliphatic hydroxyl groups is 1. The van der Waals surface area contributed by atoms with E-state index >= 15 is 0 Å². The summed E-state index contributed by atoms with van der Waals surface area (Å²) in [5.41, 5.74) is 0. The zero-order valence-electron chi connectivity index (χ0n) is 12.0. The first-order valence-electron chi connectivity index (χ1n) is 7.55. The number of hydrogen-bond acceptors (Lipinski definition) is 2. The number of aliphatic hydroxyl groups excluding tert-OH is 1. The molecule has 2 N–H and O–H groups in total. The average molecular weight is 255 g/mol. The second-order valence-electron chi connectivity index (χ2n) is 5.89. The molecule has 0 saturated heterocycles. The highest BCUT2D eigenvalue weighted by Crippen LogP contribution is 2.31. The van der Waals surface area contributed by atoms with E-state index in [9.17, 15) is 4.79 Å². The van der Waals surface area contributed by atoms with Crippen LogP contribution in [0.4, 0.5) is 0 Å². The van der Waals surface area contributed by atoms with Crippen molar-refractivity contribution in [3.8, 4) is 0 Å². The van der Waals surface area contributed by atoms with Gasteiger partial charge in [0.15, 0.2) is 0 Å². The molecule has 1 aliphatic rings. The largest absolute Gasteiger partial charge is 0.396 e. The van der Waals surface area contributed by atoms with Crippen molar-refractivity contribution < 1.29 is 9.90 Å². The van der Waals surface area contributed by atoms with Gasteiger partial charge in [0.05, 0.1) is 0 Å². The lowest BCUT2D eigenvalue weighted by Crippen LogP contribution is -2.36. The molecule has 1 saturated carbocycles. The van der Waals surface area contributed by atoms with Crippen molar-refractivity contribution in [2.24, 2.45) is 17.8 Å². The Hall–Kier alpha value is -0.570. The Morgan fingerprint density at radius 1 is 1.33 bits per heavy atom. The normalized spacial score (nSPS) is 25.7. The van der Waals surface area contributed by atoms with Gasteiger partial charge in [-0.2, -0.15) is 0 Å². The van der Waals surface area contributed by atoms with E-state index in [0.717, 1.165) is 18.8 Å². The second-order valence-corrected chi connectivity index (χ2v) is 5.89. The fraction of sp³-hybridized carbons (Fsp3) is 0.933. The van der Waals surface area contributed by atoms with Gasteiger partial charge in [-0.15, -0.1) is 0 Å². The third-order valence-corrected chi connectivity index (χ3v) is 4.12. The highest BCUT2D eigenvalue weighted by atomic mass is 16.3. The smallest absolute Gasteiger partial charge is 0.223 e. The van der Waals surface area contributed by atoms with Gasteiger partial charge in [-0.05, 0) is 37.5 Å². The lowest BCUT2D eigenvalue weighted by molar-refractivity contribution is -0.126. The summed E-state index contributed by atoms with van der Waals surface area (Å²) in [7, 11) is 0. The first-order chi connectivity index (χ1) is 8.67. The molecule has 0 bridgehead atoms. The Kier molecular flexibility index (Phi) is 7.33. The molecule has 1 fully saturated rings. The quantitative estimate of drug-likeness (QED) is 0.735. The molecule has 1 unspecified atom stereocenters. The molecule has 1 amide bonds. The van der Waals surface area contributed by atoms with E-state index < -0.39 is 0 Å². The van der Waals surface area contributed by atoms with E-state index in [1.165, 1.54) is 32.1 Å². The summed E-state index contributed by atoms with van der Waals surface area (Å²) >= 11 is 0. The number of rotatable bonds is 7. The molecule has 0 heterocycles. The number of amides is 1. The van der Waals surface area contributed by atoms with Crippen LogP contribution < -0.4 is 5.32 Å². The molecule has 0 aromatic heterocycles. The Morgan fingerprint density at radius 2 is 2.00 bits per heavy atom. The molecule has 3 nitrogen and oxygen atoms in total. The Bertz CT molecular complexity index is 235. The Labute approximate surface area is 111 Å². The maximum atomic E-state index is 11.9. The van der Waals surface area contributed by atoms with Crippen LogP contribution in [-0.4, -0.2) is 24.2 Å². The molecule has 106 valence electrons. The van der Waals surface area contributed by atoms with Gasteiger partial charge in [0.1, 0.15) is 0 Å². The van der Waals surface area contributed by atoms with Gasteiger partial charge in [-0.3, -0.25) is 4.79 Å². The van der Waals surface area contributed by atoms with Crippen molar-refractivity contribution in [1.29, 1.82) is 0 Å². The monoisotopic (exact) mass is 255 g/mol. The van der Waals surface area contributed by atoms with Crippen molar-refractivity contribution in [3.63, 3.8) is 0 Å². The fourth-order valence-electron chi connectivity index (χ4n) is 2.69. The third-order valence-electron chi connectivity index (χ3n) is 4.12. The van der Waals surface area contributed by atoms with Gasteiger partial charge in [0.25, 0.3) is 0 Å². The van der Waals surface area contributed by atoms with Crippen LogP contribution in [0, 0.1) is 17.8 Å². The lowest BCUT2D eigenvalue weighted by atomic mass is 9.79. The van der Waals surface area contributed by atoms with Crippen molar-refractivity contribution in [2.75, 3.05) is 13.2 Å². The zero-order valence-corrected chi connectivity index (χ0v) is 12.0. The second kappa shape index (κ2) is 8.52.